The fourth-order valence-corrected chi connectivity index (χ4v) is 2.71. The molecule has 0 atom stereocenters. The van der Waals surface area contributed by atoms with E-state index in [0.717, 1.165) is 5.56 Å². The number of rotatable bonds is 5. The molecule has 3 aromatic rings. The maximum atomic E-state index is 12.5. The third kappa shape index (κ3) is 5.02. The van der Waals surface area contributed by atoms with Gasteiger partial charge in [-0.3, -0.25) is 10.1 Å². The van der Waals surface area contributed by atoms with Crippen LogP contribution in [0.5, 0.6) is 11.8 Å². The van der Waals surface area contributed by atoms with Crippen LogP contribution in [0.3, 0.4) is 0 Å². The van der Waals surface area contributed by atoms with Crippen molar-refractivity contribution in [2.75, 3.05) is 30.0 Å². The molecule has 9 nitrogen and oxygen atoms in total. The summed E-state index contributed by atoms with van der Waals surface area (Å²) in [6.07, 6.45) is 2.90. The van der Waals surface area contributed by atoms with Gasteiger partial charge in [0.2, 0.25) is 0 Å². The molecule has 3 amide bonds. The maximum absolute atomic E-state index is 12.5. The summed E-state index contributed by atoms with van der Waals surface area (Å²) >= 11 is 0. The van der Waals surface area contributed by atoms with Gasteiger partial charge in [-0.15, -0.1) is 0 Å². The summed E-state index contributed by atoms with van der Waals surface area (Å²) in [6, 6.07) is 11.6. The van der Waals surface area contributed by atoms with Crippen LogP contribution in [0, 0.1) is 6.92 Å². The number of nitrogens with two attached hydrogens (primary N) is 1. The van der Waals surface area contributed by atoms with Crippen LogP contribution in [0.1, 0.15) is 15.9 Å². The van der Waals surface area contributed by atoms with Crippen molar-refractivity contribution in [3.05, 3.63) is 66.0 Å². The number of benzene rings is 2. The quantitative estimate of drug-likeness (QED) is 0.595. The molecule has 0 aliphatic heterocycles. The van der Waals surface area contributed by atoms with Crippen LogP contribution in [0.15, 0.2) is 54.9 Å². The number of nitrogens with zero attached hydrogens (tertiary/aromatic N) is 3. The summed E-state index contributed by atoms with van der Waals surface area (Å²) in [6.45, 7) is 1.81. The third-order valence-corrected chi connectivity index (χ3v) is 4.14. The van der Waals surface area contributed by atoms with Crippen molar-refractivity contribution in [2.24, 2.45) is 0 Å². The number of aryl methyl sites for hydroxylation is 1. The Kier molecular flexibility index (Phi) is 6.11. The lowest BCUT2D eigenvalue weighted by molar-refractivity contribution is 0.0967. The molecule has 0 aliphatic rings. The lowest BCUT2D eigenvalue weighted by atomic mass is 10.1. The van der Waals surface area contributed by atoms with Gasteiger partial charge in [-0.05, 0) is 42.8 Å². The minimum absolute atomic E-state index is 0.163. The van der Waals surface area contributed by atoms with Gasteiger partial charge in [0.1, 0.15) is 5.75 Å². The van der Waals surface area contributed by atoms with Gasteiger partial charge < -0.3 is 20.7 Å². The first-order valence-electron chi connectivity index (χ1n) is 9.08. The number of hydrogen-bond donors (Lipinski definition) is 3. The molecule has 2 aromatic carbocycles. The van der Waals surface area contributed by atoms with Gasteiger partial charge in [0.05, 0.1) is 23.6 Å². The van der Waals surface area contributed by atoms with Crippen molar-refractivity contribution in [3.63, 3.8) is 0 Å². The van der Waals surface area contributed by atoms with Gasteiger partial charge >= 0.3 is 12.0 Å². The fraction of sp³-hybridized carbons (Fsp3) is 0.143. The van der Waals surface area contributed by atoms with E-state index in [0.29, 0.717) is 28.4 Å². The summed E-state index contributed by atoms with van der Waals surface area (Å²) in [5.74, 6) is 0.0377. The molecular formula is C21H22N6O3. The summed E-state index contributed by atoms with van der Waals surface area (Å²) in [4.78, 5) is 34.5. The lowest BCUT2D eigenvalue weighted by Crippen LogP contribution is -2.35. The van der Waals surface area contributed by atoms with Gasteiger partial charge in [-0.25, -0.2) is 14.8 Å². The second-order valence-electron chi connectivity index (χ2n) is 6.70. The molecule has 1 heterocycles. The molecule has 0 saturated heterocycles. The summed E-state index contributed by atoms with van der Waals surface area (Å²) < 4.78 is 5.62. The van der Waals surface area contributed by atoms with E-state index in [1.165, 1.54) is 12.4 Å². The number of ether oxygens (including phenoxy) is 1. The van der Waals surface area contributed by atoms with Crippen LogP contribution in [0.4, 0.5) is 21.9 Å². The van der Waals surface area contributed by atoms with Crippen molar-refractivity contribution >= 4 is 29.0 Å². The number of carbonyl (C=O) groups excluding carboxylic acids is 2. The number of para-hydroxylation sites is 1. The number of hydrogen-bond acceptors (Lipinski definition) is 7. The lowest BCUT2D eigenvalue weighted by Gasteiger charge is -2.16. The zero-order valence-corrected chi connectivity index (χ0v) is 16.8. The average molecular weight is 406 g/mol. The van der Waals surface area contributed by atoms with Crippen LogP contribution in [-0.4, -0.2) is 36.0 Å². The number of nitrogen functional groups attached to an aromatic ring is 1. The molecule has 0 radical (unpaired) electrons. The first-order valence-corrected chi connectivity index (χ1v) is 9.08. The van der Waals surface area contributed by atoms with E-state index in [2.05, 4.69) is 20.6 Å². The highest BCUT2D eigenvalue weighted by Gasteiger charge is 2.15. The Balaban J connectivity index is 1.65. The first-order chi connectivity index (χ1) is 14.3. The van der Waals surface area contributed by atoms with Gasteiger partial charge in [0.15, 0.2) is 0 Å². The molecule has 154 valence electrons. The van der Waals surface area contributed by atoms with E-state index < -0.39 is 11.9 Å². The van der Waals surface area contributed by atoms with Crippen LogP contribution in [0.2, 0.25) is 0 Å². The molecule has 0 bridgehead atoms. The Morgan fingerprint density at radius 3 is 2.43 bits per heavy atom. The molecule has 0 spiro atoms. The number of imide groups is 1. The number of amides is 3. The Morgan fingerprint density at radius 2 is 1.77 bits per heavy atom. The van der Waals surface area contributed by atoms with Crippen LogP contribution in [-0.2, 0) is 0 Å². The molecule has 3 rings (SSSR count). The molecule has 0 aliphatic carbocycles. The summed E-state index contributed by atoms with van der Waals surface area (Å²) in [5.41, 5.74) is 8.36. The topological polar surface area (TPSA) is 122 Å². The van der Waals surface area contributed by atoms with E-state index >= 15 is 0 Å². The van der Waals surface area contributed by atoms with Crippen molar-refractivity contribution in [2.45, 2.75) is 6.92 Å². The Bertz CT molecular complexity index is 1070. The molecule has 30 heavy (non-hydrogen) atoms. The van der Waals surface area contributed by atoms with Gasteiger partial charge in [-0.1, -0.05) is 12.1 Å². The van der Waals surface area contributed by atoms with Gasteiger partial charge in [-0.2, -0.15) is 0 Å². The third-order valence-electron chi connectivity index (χ3n) is 4.14. The van der Waals surface area contributed by atoms with E-state index in [1.807, 2.05) is 27.1 Å². The average Bonchev–Trinajstić information content (AvgIpc) is 2.71. The highest BCUT2D eigenvalue weighted by atomic mass is 16.5. The van der Waals surface area contributed by atoms with Crippen LogP contribution >= 0.6 is 0 Å². The highest BCUT2D eigenvalue weighted by molar-refractivity contribution is 6.10. The Hall–Kier alpha value is -4.14. The zero-order valence-electron chi connectivity index (χ0n) is 16.8. The van der Waals surface area contributed by atoms with E-state index in [-0.39, 0.29) is 6.01 Å². The predicted octanol–water partition coefficient (Wildman–Crippen LogP) is 3.19. The Labute approximate surface area is 173 Å². The van der Waals surface area contributed by atoms with Gasteiger partial charge in [0.25, 0.3) is 5.91 Å². The smallest absolute Gasteiger partial charge is 0.326 e. The standard InChI is InChI=1S/C21H22N6O3/c1-13-10-15(8-9-18(13)30-21-23-11-14(22)12-24-21)25-20(29)26-19(28)16-6-4-5-7-17(16)27(2)3/h4-12H,22H2,1-3H3,(H2,25,26,28,29). The first kappa shape index (κ1) is 20.6. The number of aromatic nitrogens is 2. The number of anilines is 3. The highest BCUT2D eigenvalue weighted by Crippen LogP contribution is 2.25. The van der Waals surface area contributed by atoms with Crippen molar-refractivity contribution in [1.29, 1.82) is 0 Å². The van der Waals surface area contributed by atoms with E-state index in [9.17, 15) is 9.59 Å². The minimum atomic E-state index is -0.636. The maximum Gasteiger partial charge on any atom is 0.326 e. The SMILES string of the molecule is Cc1cc(NC(=O)NC(=O)c2ccccc2N(C)C)ccc1Oc1ncc(N)cn1. The molecule has 0 saturated carbocycles. The largest absolute Gasteiger partial charge is 0.424 e. The molecule has 9 heteroatoms. The van der Waals surface area contributed by atoms with Crippen molar-refractivity contribution in [1.82, 2.24) is 15.3 Å². The Morgan fingerprint density at radius 1 is 1.07 bits per heavy atom. The van der Waals surface area contributed by atoms with Crippen LogP contribution in [0.25, 0.3) is 0 Å². The second-order valence-corrected chi connectivity index (χ2v) is 6.70. The van der Waals surface area contributed by atoms with E-state index in [4.69, 9.17) is 10.5 Å². The predicted molar refractivity (Wildman–Crippen MR) is 115 cm³/mol. The summed E-state index contributed by atoms with van der Waals surface area (Å²) in [7, 11) is 3.65. The second kappa shape index (κ2) is 8.91. The molecule has 0 unspecified atom stereocenters. The van der Waals surface area contributed by atoms with E-state index in [1.54, 1.807) is 41.3 Å². The number of urea groups is 1. The minimum Gasteiger partial charge on any atom is -0.424 e. The fourth-order valence-electron chi connectivity index (χ4n) is 2.71. The monoisotopic (exact) mass is 406 g/mol. The van der Waals surface area contributed by atoms with Crippen molar-refractivity contribution in [3.8, 4) is 11.8 Å². The number of nitrogens with one attached hydrogen (secondary N) is 2. The zero-order chi connectivity index (χ0) is 21.7. The normalized spacial score (nSPS) is 10.2. The molecule has 1 aromatic heterocycles. The summed E-state index contributed by atoms with van der Waals surface area (Å²) in [5, 5.41) is 4.98. The molecule has 0 fully saturated rings. The van der Waals surface area contributed by atoms with Crippen molar-refractivity contribution < 1.29 is 14.3 Å². The molecular weight excluding hydrogens is 384 g/mol. The van der Waals surface area contributed by atoms with Gasteiger partial charge in [0, 0.05) is 25.5 Å². The van der Waals surface area contributed by atoms with Crippen LogP contribution < -0.4 is 26.0 Å². The molecule has 4 N–H and O–H groups in total. The number of carbonyl (C=O) groups is 2.